The van der Waals surface area contributed by atoms with Gasteiger partial charge in [0.25, 0.3) is 5.91 Å². The Morgan fingerprint density at radius 2 is 1.96 bits per heavy atom. The molecule has 0 spiro atoms. The number of carboxylic acids is 1. The maximum atomic E-state index is 12.9. The third-order valence-electron chi connectivity index (χ3n) is 4.23. The van der Waals surface area contributed by atoms with Crippen molar-refractivity contribution in [3.8, 4) is 5.69 Å². The number of amides is 1. The van der Waals surface area contributed by atoms with Crippen LogP contribution in [0.5, 0.6) is 0 Å². The largest absolute Gasteiger partial charge is 0.481 e. The Kier molecular flexibility index (Phi) is 3.53. The SMILES string of the molecule is O=C(O)C1CN(C(=O)c2ccn(-c3cccnc3)n2)c2ccccc21. The molecule has 0 radical (unpaired) electrons. The second-order valence-electron chi connectivity index (χ2n) is 5.72. The normalized spacial score (nSPS) is 15.8. The minimum atomic E-state index is -0.941. The number of aromatic nitrogens is 3. The van der Waals surface area contributed by atoms with Crippen molar-refractivity contribution in [2.45, 2.75) is 5.92 Å². The lowest BCUT2D eigenvalue weighted by molar-refractivity contribution is -0.138. The average Bonchev–Trinajstić information content (AvgIpc) is 3.27. The molecule has 4 rings (SSSR count). The van der Waals surface area contributed by atoms with Crippen LogP contribution in [0.15, 0.2) is 61.1 Å². The van der Waals surface area contributed by atoms with Gasteiger partial charge in [-0.2, -0.15) is 5.10 Å². The first kappa shape index (κ1) is 15.1. The molecule has 2 aromatic heterocycles. The van der Waals surface area contributed by atoms with Crippen LogP contribution < -0.4 is 4.90 Å². The van der Waals surface area contributed by atoms with E-state index in [0.29, 0.717) is 11.3 Å². The van der Waals surface area contributed by atoms with Crippen LogP contribution in [-0.2, 0) is 4.79 Å². The molecule has 7 heteroatoms. The molecule has 3 aromatic rings. The van der Waals surface area contributed by atoms with E-state index in [9.17, 15) is 14.7 Å². The van der Waals surface area contributed by atoms with E-state index < -0.39 is 11.9 Å². The minimum absolute atomic E-state index is 0.104. The van der Waals surface area contributed by atoms with E-state index in [4.69, 9.17) is 0 Å². The zero-order valence-corrected chi connectivity index (χ0v) is 13.1. The van der Waals surface area contributed by atoms with Crippen molar-refractivity contribution in [1.82, 2.24) is 14.8 Å². The van der Waals surface area contributed by atoms with E-state index >= 15 is 0 Å². The zero-order chi connectivity index (χ0) is 17.4. The Balaban J connectivity index is 1.66. The van der Waals surface area contributed by atoms with Crippen molar-refractivity contribution >= 4 is 17.6 Å². The second kappa shape index (κ2) is 5.86. The van der Waals surface area contributed by atoms with E-state index in [1.54, 1.807) is 59.7 Å². The highest BCUT2D eigenvalue weighted by Crippen LogP contribution is 2.36. The summed E-state index contributed by atoms with van der Waals surface area (Å²) in [6, 6.07) is 12.3. The van der Waals surface area contributed by atoms with Gasteiger partial charge >= 0.3 is 5.97 Å². The summed E-state index contributed by atoms with van der Waals surface area (Å²) in [7, 11) is 0. The molecule has 25 heavy (non-hydrogen) atoms. The molecule has 0 fully saturated rings. The standard InChI is InChI=1S/C18H14N4O3/c23-17(15-7-9-22(20-15)12-4-3-8-19-10-12)21-11-14(18(24)25)13-5-1-2-6-16(13)21/h1-10,14H,11H2,(H,24,25). The van der Waals surface area contributed by atoms with E-state index in [-0.39, 0.29) is 18.1 Å². The zero-order valence-electron chi connectivity index (χ0n) is 13.1. The average molecular weight is 334 g/mol. The molecule has 1 aliphatic rings. The number of hydrogen-bond donors (Lipinski definition) is 1. The number of fused-ring (bicyclic) bond motifs is 1. The first-order valence-corrected chi connectivity index (χ1v) is 7.75. The summed E-state index contributed by atoms with van der Waals surface area (Å²) >= 11 is 0. The van der Waals surface area contributed by atoms with Crippen LogP contribution in [0.4, 0.5) is 5.69 Å². The van der Waals surface area contributed by atoms with E-state index in [1.165, 1.54) is 4.90 Å². The number of carbonyl (C=O) groups is 2. The maximum Gasteiger partial charge on any atom is 0.312 e. The fraction of sp³-hybridized carbons (Fsp3) is 0.111. The van der Waals surface area contributed by atoms with Gasteiger partial charge in [0, 0.05) is 24.6 Å². The van der Waals surface area contributed by atoms with Gasteiger partial charge in [0.15, 0.2) is 5.69 Å². The molecule has 1 atom stereocenters. The number of carboxylic acid groups (broad SMARTS) is 1. The number of para-hydroxylation sites is 1. The van der Waals surface area contributed by atoms with Crippen LogP contribution >= 0.6 is 0 Å². The number of aliphatic carboxylic acids is 1. The van der Waals surface area contributed by atoms with Gasteiger partial charge < -0.3 is 10.0 Å². The second-order valence-corrected chi connectivity index (χ2v) is 5.72. The summed E-state index contributed by atoms with van der Waals surface area (Å²) in [6.07, 6.45) is 4.99. The maximum absolute atomic E-state index is 12.9. The molecule has 7 nitrogen and oxygen atoms in total. The predicted molar refractivity (Wildman–Crippen MR) is 89.9 cm³/mol. The van der Waals surface area contributed by atoms with Gasteiger partial charge in [-0.1, -0.05) is 18.2 Å². The Hall–Kier alpha value is -3.48. The van der Waals surface area contributed by atoms with Gasteiger partial charge in [0.2, 0.25) is 0 Å². The lowest BCUT2D eigenvalue weighted by atomic mass is 10.0. The topological polar surface area (TPSA) is 88.3 Å². The Morgan fingerprint density at radius 3 is 2.72 bits per heavy atom. The third kappa shape index (κ3) is 2.55. The van der Waals surface area contributed by atoms with E-state index in [0.717, 1.165) is 5.69 Å². The highest BCUT2D eigenvalue weighted by molar-refractivity contribution is 6.07. The summed E-state index contributed by atoms with van der Waals surface area (Å²) in [4.78, 5) is 29.9. The summed E-state index contributed by atoms with van der Waals surface area (Å²) < 4.78 is 1.57. The quantitative estimate of drug-likeness (QED) is 0.792. The summed E-state index contributed by atoms with van der Waals surface area (Å²) in [6.45, 7) is 0.104. The predicted octanol–water partition coefficient (Wildman–Crippen LogP) is 2.10. The smallest absolute Gasteiger partial charge is 0.312 e. The molecule has 0 aliphatic carbocycles. The van der Waals surface area contributed by atoms with Crippen molar-refractivity contribution < 1.29 is 14.7 Å². The molecule has 3 heterocycles. The van der Waals surface area contributed by atoms with Gasteiger partial charge in [-0.15, -0.1) is 0 Å². The van der Waals surface area contributed by atoms with Gasteiger partial charge in [-0.3, -0.25) is 14.6 Å². The minimum Gasteiger partial charge on any atom is -0.481 e. The first-order valence-electron chi connectivity index (χ1n) is 7.75. The fourth-order valence-corrected chi connectivity index (χ4v) is 3.02. The summed E-state index contributed by atoms with van der Waals surface area (Å²) in [5.41, 5.74) is 2.27. The molecule has 1 unspecified atom stereocenters. The monoisotopic (exact) mass is 334 g/mol. The lowest BCUT2D eigenvalue weighted by Crippen LogP contribution is -2.31. The van der Waals surface area contributed by atoms with E-state index in [1.807, 2.05) is 6.07 Å². The van der Waals surface area contributed by atoms with Crippen LogP contribution in [0.2, 0.25) is 0 Å². The Morgan fingerprint density at radius 1 is 1.12 bits per heavy atom. The van der Waals surface area contributed by atoms with Crippen LogP contribution in [0.25, 0.3) is 5.69 Å². The van der Waals surface area contributed by atoms with Gasteiger partial charge in [0.1, 0.15) is 5.92 Å². The van der Waals surface area contributed by atoms with Gasteiger partial charge in [-0.25, -0.2) is 4.68 Å². The summed E-state index contributed by atoms with van der Waals surface area (Å²) in [5, 5.41) is 13.7. The Bertz CT molecular complexity index is 952. The van der Waals surface area contributed by atoms with Crippen molar-refractivity contribution in [2.24, 2.45) is 0 Å². The van der Waals surface area contributed by atoms with Crippen molar-refractivity contribution in [2.75, 3.05) is 11.4 Å². The van der Waals surface area contributed by atoms with Crippen LogP contribution in [-0.4, -0.2) is 38.3 Å². The first-order chi connectivity index (χ1) is 12.1. The number of rotatable bonds is 3. The van der Waals surface area contributed by atoms with Gasteiger partial charge in [-0.05, 0) is 29.8 Å². The molecule has 1 aliphatic heterocycles. The highest BCUT2D eigenvalue weighted by atomic mass is 16.4. The van der Waals surface area contributed by atoms with Gasteiger partial charge in [0.05, 0.1) is 11.9 Å². The molecule has 1 N–H and O–H groups in total. The van der Waals surface area contributed by atoms with Crippen LogP contribution in [0.1, 0.15) is 22.0 Å². The third-order valence-corrected chi connectivity index (χ3v) is 4.23. The van der Waals surface area contributed by atoms with E-state index in [2.05, 4.69) is 10.1 Å². The molecular formula is C18H14N4O3. The molecule has 1 aromatic carbocycles. The molecule has 0 bridgehead atoms. The number of carbonyl (C=O) groups excluding carboxylic acids is 1. The highest BCUT2D eigenvalue weighted by Gasteiger charge is 2.37. The van der Waals surface area contributed by atoms with Crippen molar-refractivity contribution in [3.63, 3.8) is 0 Å². The Labute approximate surface area is 143 Å². The number of pyridine rings is 1. The number of anilines is 1. The number of nitrogens with zero attached hydrogens (tertiary/aromatic N) is 4. The summed E-state index contributed by atoms with van der Waals surface area (Å²) in [5.74, 6) is -1.98. The van der Waals surface area contributed by atoms with Crippen molar-refractivity contribution in [1.29, 1.82) is 0 Å². The fourth-order valence-electron chi connectivity index (χ4n) is 3.02. The van der Waals surface area contributed by atoms with Crippen LogP contribution in [0, 0.1) is 0 Å². The molecule has 0 saturated heterocycles. The lowest BCUT2D eigenvalue weighted by Gasteiger charge is -2.15. The molecule has 124 valence electrons. The van der Waals surface area contributed by atoms with Crippen LogP contribution in [0.3, 0.4) is 0 Å². The number of hydrogen-bond acceptors (Lipinski definition) is 4. The van der Waals surface area contributed by atoms with Crippen molar-refractivity contribution in [3.05, 3.63) is 72.3 Å². The molecular weight excluding hydrogens is 320 g/mol. The molecule has 1 amide bonds. The molecule has 0 saturated carbocycles. The number of benzene rings is 1.